The number of benzene rings is 1. The molecule has 8 nitrogen and oxygen atoms in total. The molecule has 1 atom stereocenters. The highest BCUT2D eigenvalue weighted by Gasteiger charge is 2.19. The number of oxazole rings is 1. The second-order valence-electron chi connectivity index (χ2n) is 5.61. The summed E-state index contributed by atoms with van der Waals surface area (Å²) in [6, 6.07) is 7.42. The van der Waals surface area contributed by atoms with Crippen molar-refractivity contribution in [3.63, 3.8) is 0 Å². The van der Waals surface area contributed by atoms with Crippen molar-refractivity contribution in [2.24, 2.45) is 0 Å². The molecule has 0 radical (unpaired) electrons. The average Bonchev–Trinajstić information content (AvgIpc) is 3.30. The summed E-state index contributed by atoms with van der Waals surface area (Å²) in [6.07, 6.45) is 2.32. The van der Waals surface area contributed by atoms with E-state index in [0.29, 0.717) is 24.4 Å². The Morgan fingerprint density at radius 1 is 1.33 bits per heavy atom. The maximum absolute atomic E-state index is 12.0. The van der Waals surface area contributed by atoms with E-state index in [1.54, 1.807) is 15.3 Å². The predicted octanol–water partition coefficient (Wildman–Crippen LogP) is 1.55. The van der Waals surface area contributed by atoms with Crippen molar-refractivity contribution >= 4 is 22.9 Å². The number of ether oxygens (including phenoxy) is 1. The van der Waals surface area contributed by atoms with E-state index in [2.05, 4.69) is 15.5 Å². The number of hydrogen-bond acceptors (Lipinski definition) is 7. The number of nitrogens with zero attached hydrogens (tertiary/aromatic N) is 5. The Labute approximate surface area is 141 Å². The molecule has 9 heteroatoms. The smallest absolute Gasteiger partial charge is 0.408 e. The summed E-state index contributed by atoms with van der Waals surface area (Å²) >= 11 is 1.52. The number of aromatic nitrogens is 5. The van der Waals surface area contributed by atoms with Crippen LogP contribution < -0.4 is 5.76 Å². The lowest BCUT2D eigenvalue weighted by Gasteiger charge is -2.09. The maximum Gasteiger partial charge on any atom is 0.419 e. The standard InChI is InChI=1S/C15H17N5O3S/c21-15-19(12-5-1-2-6-13(12)23-15)7-9-24-14-16-17-18-20(14)10-11-4-3-8-22-11/h1-2,5-6,11H,3-4,7-10H2. The molecule has 4 rings (SSSR count). The third-order valence-electron chi connectivity index (χ3n) is 4.02. The summed E-state index contributed by atoms with van der Waals surface area (Å²) in [7, 11) is 0. The molecule has 0 aliphatic carbocycles. The van der Waals surface area contributed by atoms with E-state index in [-0.39, 0.29) is 11.9 Å². The normalized spacial score (nSPS) is 17.8. The summed E-state index contributed by atoms with van der Waals surface area (Å²) in [5.74, 6) is 0.339. The van der Waals surface area contributed by atoms with E-state index >= 15 is 0 Å². The van der Waals surface area contributed by atoms with Gasteiger partial charge in [-0.05, 0) is 35.4 Å². The molecule has 0 amide bonds. The number of para-hydroxylation sites is 2. The maximum atomic E-state index is 12.0. The van der Waals surface area contributed by atoms with Crippen LogP contribution in [-0.4, -0.2) is 43.2 Å². The Kier molecular flexibility index (Phi) is 4.35. The first kappa shape index (κ1) is 15.4. The predicted molar refractivity (Wildman–Crippen MR) is 88.0 cm³/mol. The van der Waals surface area contributed by atoms with Gasteiger partial charge in [-0.1, -0.05) is 23.9 Å². The molecule has 2 aromatic heterocycles. The molecule has 126 valence electrons. The molecular weight excluding hydrogens is 330 g/mol. The van der Waals surface area contributed by atoms with Gasteiger partial charge in [0.05, 0.1) is 18.2 Å². The van der Waals surface area contributed by atoms with Crippen molar-refractivity contribution in [2.75, 3.05) is 12.4 Å². The fraction of sp³-hybridized carbons (Fsp3) is 0.467. The highest BCUT2D eigenvalue weighted by molar-refractivity contribution is 7.99. The lowest BCUT2D eigenvalue weighted by atomic mass is 10.2. The van der Waals surface area contributed by atoms with E-state index in [9.17, 15) is 4.79 Å². The van der Waals surface area contributed by atoms with Gasteiger partial charge in [0.2, 0.25) is 5.16 Å². The van der Waals surface area contributed by atoms with Crippen molar-refractivity contribution in [1.29, 1.82) is 0 Å². The third kappa shape index (κ3) is 3.09. The van der Waals surface area contributed by atoms with E-state index in [1.165, 1.54) is 11.8 Å². The molecule has 1 aliphatic heterocycles. The fourth-order valence-corrected chi connectivity index (χ4v) is 3.66. The number of fused-ring (bicyclic) bond motifs is 1. The molecule has 3 aromatic rings. The van der Waals surface area contributed by atoms with E-state index < -0.39 is 0 Å². The summed E-state index contributed by atoms with van der Waals surface area (Å²) in [5, 5.41) is 12.6. The largest absolute Gasteiger partial charge is 0.419 e. The van der Waals surface area contributed by atoms with Gasteiger partial charge in [0.15, 0.2) is 5.58 Å². The fourth-order valence-electron chi connectivity index (χ4n) is 2.85. The zero-order chi connectivity index (χ0) is 16.4. The van der Waals surface area contributed by atoms with E-state index in [1.807, 2.05) is 18.2 Å². The van der Waals surface area contributed by atoms with Gasteiger partial charge in [0, 0.05) is 18.9 Å². The van der Waals surface area contributed by atoms with Crippen LogP contribution in [0.5, 0.6) is 0 Å². The van der Waals surface area contributed by atoms with Gasteiger partial charge in [-0.2, -0.15) is 0 Å². The van der Waals surface area contributed by atoms with Crippen LogP contribution in [0, 0.1) is 0 Å². The molecular formula is C15H17N5O3S. The Balaban J connectivity index is 1.41. The highest BCUT2D eigenvalue weighted by Crippen LogP contribution is 2.19. The molecule has 0 spiro atoms. The van der Waals surface area contributed by atoms with Crippen LogP contribution >= 0.6 is 11.8 Å². The SMILES string of the molecule is O=c1oc2ccccc2n1CCSc1nnnn1CC1CCCO1. The first-order chi connectivity index (χ1) is 11.8. The quantitative estimate of drug-likeness (QED) is 0.625. The average molecular weight is 347 g/mol. The van der Waals surface area contributed by atoms with Crippen molar-refractivity contribution in [2.45, 2.75) is 37.2 Å². The second kappa shape index (κ2) is 6.78. The minimum Gasteiger partial charge on any atom is -0.408 e. The Hall–Kier alpha value is -2.13. The summed E-state index contributed by atoms with van der Waals surface area (Å²) < 4.78 is 14.3. The van der Waals surface area contributed by atoms with Gasteiger partial charge >= 0.3 is 5.76 Å². The number of hydrogen-bond donors (Lipinski definition) is 0. The lowest BCUT2D eigenvalue weighted by molar-refractivity contribution is 0.0912. The Morgan fingerprint density at radius 3 is 3.12 bits per heavy atom. The van der Waals surface area contributed by atoms with Gasteiger partial charge in [-0.15, -0.1) is 5.10 Å². The first-order valence-electron chi connectivity index (χ1n) is 7.90. The Bertz CT molecular complexity index is 880. The van der Waals surface area contributed by atoms with Crippen molar-refractivity contribution in [3.8, 4) is 0 Å². The van der Waals surface area contributed by atoms with Crippen LogP contribution in [0.2, 0.25) is 0 Å². The number of rotatable bonds is 6. The van der Waals surface area contributed by atoms with Crippen LogP contribution in [0.15, 0.2) is 38.6 Å². The number of tetrazole rings is 1. The molecule has 1 unspecified atom stereocenters. The monoisotopic (exact) mass is 347 g/mol. The Morgan fingerprint density at radius 2 is 2.25 bits per heavy atom. The molecule has 1 aliphatic rings. The number of aryl methyl sites for hydroxylation is 1. The van der Waals surface area contributed by atoms with E-state index in [4.69, 9.17) is 9.15 Å². The molecule has 1 fully saturated rings. The van der Waals surface area contributed by atoms with Gasteiger partial charge < -0.3 is 9.15 Å². The van der Waals surface area contributed by atoms with Crippen LogP contribution in [0.25, 0.3) is 11.1 Å². The summed E-state index contributed by atoms with van der Waals surface area (Å²) in [4.78, 5) is 12.0. The zero-order valence-corrected chi connectivity index (χ0v) is 13.8. The molecule has 3 heterocycles. The zero-order valence-electron chi connectivity index (χ0n) is 13.0. The molecule has 0 bridgehead atoms. The van der Waals surface area contributed by atoms with Gasteiger partial charge in [0.1, 0.15) is 0 Å². The molecule has 1 saturated heterocycles. The molecule has 24 heavy (non-hydrogen) atoms. The van der Waals surface area contributed by atoms with Crippen LogP contribution in [0.3, 0.4) is 0 Å². The molecule has 0 saturated carbocycles. The van der Waals surface area contributed by atoms with Crippen LogP contribution in [0.1, 0.15) is 12.8 Å². The van der Waals surface area contributed by atoms with Crippen molar-refractivity contribution < 1.29 is 9.15 Å². The van der Waals surface area contributed by atoms with E-state index in [0.717, 1.165) is 30.1 Å². The van der Waals surface area contributed by atoms with Crippen LogP contribution in [0.4, 0.5) is 0 Å². The minimum absolute atomic E-state index is 0.188. The van der Waals surface area contributed by atoms with Gasteiger partial charge in [-0.3, -0.25) is 4.57 Å². The minimum atomic E-state index is -0.337. The van der Waals surface area contributed by atoms with Gasteiger partial charge in [0.25, 0.3) is 0 Å². The molecule has 1 aromatic carbocycles. The first-order valence-corrected chi connectivity index (χ1v) is 8.89. The summed E-state index contributed by atoms with van der Waals surface area (Å²) in [5.41, 5.74) is 1.41. The number of thioether (sulfide) groups is 1. The third-order valence-corrected chi connectivity index (χ3v) is 4.96. The van der Waals surface area contributed by atoms with Crippen molar-refractivity contribution in [3.05, 3.63) is 34.8 Å². The second-order valence-corrected chi connectivity index (χ2v) is 6.68. The van der Waals surface area contributed by atoms with Crippen LogP contribution in [-0.2, 0) is 17.8 Å². The van der Waals surface area contributed by atoms with Gasteiger partial charge in [-0.25, -0.2) is 9.48 Å². The lowest BCUT2D eigenvalue weighted by Crippen LogP contribution is -2.18. The topological polar surface area (TPSA) is 88.0 Å². The molecule has 0 N–H and O–H groups in total. The van der Waals surface area contributed by atoms with Crippen molar-refractivity contribution in [1.82, 2.24) is 24.8 Å². The summed E-state index contributed by atoms with van der Waals surface area (Å²) in [6.45, 7) is 2.02. The highest BCUT2D eigenvalue weighted by atomic mass is 32.2.